The molecule has 0 amide bonds. The van der Waals surface area contributed by atoms with E-state index in [4.69, 9.17) is 0 Å². The third-order valence-corrected chi connectivity index (χ3v) is 13.5. The molecule has 0 N–H and O–H groups in total. The van der Waals surface area contributed by atoms with E-state index in [9.17, 15) is 0 Å². The molecule has 1 saturated carbocycles. The zero-order chi connectivity index (χ0) is 31.0. The summed E-state index contributed by atoms with van der Waals surface area (Å²) in [6, 6.07) is 10.6. The fourth-order valence-corrected chi connectivity index (χ4v) is 10.6. The van der Waals surface area contributed by atoms with Crippen LogP contribution >= 0.6 is 0 Å². The second-order valence-electron chi connectivity index (χ2n) is 19.1. The molecule has 0 bridgehead atoms. The molecule has 5 aliphatic carbocycles. The standard InChI is InChI=1S/C43H58/c1-38(2,3)29-14-15-30(23-29)43(16-12-13-17-43)37-26-41(8,9)35-25-32-28(22-36(35)42(37,10)11)20-27-21-33-34(24-31(27)32)40(6,7)19-18-39(33,4)5/h14,21-25,37H,12-13,15-20,26H2,1-11H3. The molecule has 7 rings (SSSR count). The van der Waals surface area contributed by atoms with E-state index >= 15 is 0 Å². The number of benzene rings is 2. The highest BCUT2D eigenvalue weighted by atomic mass is 14.6. The summed E-state index contributed by atoms with van der Waals surface area (Å²) >= 11 is 0. The SMILES string of the molecule is CC(C)(C)C1=CCC(C2(C3CC(C)(C)c4cc5c(cc4C3(C)C)Cc3cc4c(cc3-5)C(C)(C)CCC4(C)C)CCCC2)=C1. The third-order valence-electron chi connectivity index (χ3n) is 13.5. The van der Waals surface area contributed by atoms with Gasteiger partial charge in [0.05, 0.1) is 0 Å². The Morgan fingerprint density at radius 2 is 1.14 bits per heavy atom. The molecule has 0 heterocycles. The topological polar surface area (TPSA) is 0 Å². The number of rotatable bonds is 2. The minimum absolute atomic E-state index is 0.146. The van der Waals surface area contributed by atoms with Gasteiger partial charge >= 0.3 is 0 Å². The summed E-state index contributed by atoms with van der Waals surface area (Å²) < 4.78 is 0. The first kappa shape index (κ1) is 29.6. The Morgan fingerprint density at radius 1 is 0.628 bits per heavy atom. The minimum Gasteiger partial charge on any atom is -0.0767 e. The molecule has 43 heavy (non-hydrogen) atoms. The highest BCUT2D eigenvalue weighted by Gasteiger charge is 2.56. The first-order chi connectivity index (χ1) is 19.9. The largest absolute Gasteiger partial charge is 0.0767 e. The van der Waals surface area contributed by atoms with Crippen molar-refractivity contribution in [3.63, 3.8) is 0 Å². The molecule has 1 unspecified atom stereocenters. The zero-order valence-corrected chi connectivity index (χ0v) is 29.4. The number of allylic oxidation sites excluding steroid dienone is 4. The molecule has 0 saturated heterocycles. The van der Waals surface area contributed by atoms with E-state index in [1.165, 1.54) is 62.5 Å². The molecule has 230 valence electrons. The first-order valence-corrected chi connectivity index (χ1v) is 17.6. The van der Waals surface area contributed by atoms with Crippen LogP contribution in [0.5, 0.6) is 0 Å². The number of hydrogen-bond donors (Lipinski definition) is 0. The fourth-order valence-electron chi connectivity index (χ4n) is 10.6. The van der Waals surface area contributed by atoms with Gasteiger partial charge in [-0.05, 0) is 133 Å². The van der Waals surface area contributed by atoms with Crippen LogP contribution in [0.2, 0.25) is 0 Å². The summed E-state index contributed by atoms with van der Waals surface area (Å²) in [5, 5.41) is 0. The van der Waals surface area contributed by atoms with Crippen molar-refractivity contribution in [3.05, 3.63) is 80.9 Å². The zero-order valence-electron chi connectivity index (χ0n) is 29.4. The molecular formula is C43H58. The van der Waals surface area contributed by atoms with Crippen LogP contribution in [0.1, 0.15) is 161 Å². The third kappa shape index (κ3) is 4.27. The summed E-state index contributed by atoms with van der Waals surface area (Å²) in [7, 11) is 0. The fraction of sp³-hybridized carbons (Fsp3) is 0.628. The van der Waals surface area contributed by atoms with E-state index in [1.807, 2.05) is 0 Å². The van der Waals surface area contributed by atoms with Gasteiger partial charge in [0, 0.05) is 0 Å². The van der Waals surface area contributed by atoms with Gasteiger partial charge in [0.15, 0.2) is 0 Å². The number of hydrogen-bond acceptors (Lipinski definition) is 0. The molecule has 2 aromatic rings. The molecule has 0 nitrogen and oxygen atoms in total. The molecule has 0 spiro atoms. The van der Waals surface area contributed by atoms with Crippen LogP contribution in [0.4, 0.5) is 0 Å². The number of fused-ring (bicyclic) bond motifs is 5. The van der Waals surface area contributed by atoms with Crippen molar-refractivity contribution >= 4 is 0 Å². The van der Waals surface area contributed by atoms with Crippen LogP contribution in [0.15, 0.2) is 47.6 Å². The average molecular weight is 575 g/mol. The van der Waals surface area contributed by atoms with Crippen LogP contribution in [0, 0.1) is 16.7 Å². The van der Waals surface area contributed by atoms with Crippen molar-refractivity contribution in [1.82, 2.24) is 0 Å². The van der Waals surface area contributed by atoms with Crippen molar-refractivity contribution in [2.45, 2.75) is 156 Å². The van der Waals surface area contributed by atoms with Crippen LogP contribution < -0.4 is 0 Å². The lowest BCUT2D eigenvalue weighted by Gasteiger charge is -2.55. The van der Waals surface area contributed by atoms with E-state index < -0.39 is 0 Å². The molecule has 1 atom stereocenters. The molecular weight excluding hydrogens is 516 g/mol. The smallest absolute Gasteiger partial charge is 0.00132 e. The Morgan fingerprint density at radius 3 is 1.67 bits per heavy atom. The van der Waals surface area contributed by atoms with Gasteiger partial charge in [-0.1, -0.05) is 131 Å². The second kappa shape index (κ2) is 9.01. The maximum Gasteiger partial charge on any atom is -0.00132 e. The summed E-state index contributed by atoms with van der Waals surface area (Å²) in [6.07, 6.45) is 16.8. The van der Waals surface area contributed by atoms with E-state index in [-0.39, 0.29) is 27.1 Å². The van der Waals surface area contributed by atoms with Gasteiger partial charge in [0.2, 0.25) is 0 Å². The highest BCUT2D eigenvalue weighted by Crippen LogP contribution is 2.64. The molecule has 5 aliphatic rings. The summed E-state index contributed by atoms with van der Waals surface area (Å²) in [6.45, 7) is 27.4. The lowest BCUT2D eigenvalue weighted by molar-refractivity contribution is 0.0818. The van der Waals surface area contributed by atoms with Gasteiger partial charge in [0.25, 0.3) is 0 Å². The lowest BCUT2D eigenvalue weighted by Crippen LogP contribution is -2.49. The van der Waals surface area contributed by atoms with Gasteiger partial charge in [-0.25, -0.2) is 0 Å². The Kier molecular flexibility index (Phi) is 6.21. The van der Waals surface area contributed by atoms with Gasteiger partial charge in [-0.2, -0.15) is 0 Å². The predicted octanol–water partition coefficient (Wildman–Crippen LogP) is 12.0. The van der Waals surface area contributed by atoms with Crippen LogP contribution in [-0.2, 0) is 28.1 Å². The Bertz CT molecular complexity index is 1560. The average Bonchev–Trinajstić information content (AvgIpc) is 3.66. The molecule has 0 aliphatic heterocycles. The van der Waals surface area contributed by atoms with Crippen molar-refractivity contribution in [2.75, 3.05) is 0 Å². The molecule has 1 fully saturated rings. The van der Waals surface area contributed by atoms with Gasteiger partial charge < -0.3 is 0 Å². The maximum absolute atomic E-state index is 2.71. The summed E-state index contributed by atoms with van der Waals surface area (Å²) in [5.41, 5.74) is 17.4. The normalized spacial score (nSPS) is 27.1. The van der Waals surface area contributed by atoms with E-state index in [0.29, 0.717) is 11.3 Å². The van der Waals surface area contributed by atoms with E-state index in [2.05, 4.69) is 113 Å². The summed E-state index contributed by atoms with van der Waals surface area (Å²) in [5.74, 6) is 0.666. The molecule has 2 aromatic carbocycles. The monoisotopic (exact) mass is 574 g/mol. The summed E-state index contributed by atoms with van der Waals surface area (Å²) in [4.78, 5) is 0. The molecule has 0 aromatic heterocycles. The molecule has 0 heteroatoms. The van der Waals surface area contributed by atoms with Gasteiger partial charge in [-0.3, -0.25) is 0 Å². The Labute approximate surface area is 263 Å². The van der Waals surface area contributed by atoms with Crippen molar-refractivity contribution < 1.29 is 0 Å². The Balaban J connectivity index is 1.34. The molecule has 0 radical (unpaired) electrons. The van der Waals surface area contributed by atoms with Crippen LogP contribution in [-0.4, -0.2) is 0 Å². The lowest BCUT2D eigenvalue weighted by atomic mass is 9.48. The Hall–Kier alpha value is -2.08. The van der Waals surface area contributed by atoms with Crippen molar-refractivity contribution in [1.29, 1.82) is 0 Å². The minimum atomic E-state index is 0.146. The quantitative estimate of drug-likeness (QED) is 0.285. The van der Waals surface area contributed by atoms with E-state index in [1.54, 1.807) is 44.5 Å². The first-order valence-electron chi connectivity index (χ1n) is 17.6. The van der Waals surface area contributed by atoms with E-state index in [0.717, 1.165) is 6.42 Å². The maximum atomic E-state index is 2.71. The van der Waals surface area contributed by atoms with Crippen molar-refractivity contribution in [3.8, 4) is 11.1 Å². The van der Waals surface area contributed by atoms with Gasteiger partial charge in [0.1, 0.15) is 0 Å². The second-order valence-corrected chi connectivity index (χ2v) is 19.1. The predicted molar refractivity (Wildman–Crippen MR) is 185 cm³/mol. The highest BCUT2D eigenvalue weighted by molar-refractivity contribution is 5.80. The van der Waals surface area contributed by atoms with Crippen molar-refractivity contribution in [2.24, 2.45) is 16.7 Å². The van der Waals surface area contributed by atoms with Crippen LogP contribution in [0.25, 0.3) is 11.1 Å². The van der Waals surface area contributed by atoms with Crippen LogP contribution in [0.3, 0.4) is 0 Å². The van der Waals surface area contributed by atoms with Gasteiger partial charge in [-0.15, -0.1) is 0 Å².